The lowest BCUT2D eigenvalue weighted by Crippen LogP contribution is -2.49. The molecular formula is C39H29N3Si. The summed E-state index contributed by atoms with van der Waals surface area (Å²) < 4.78 is 0. The summed E-state index contributed by atoms with van der Waals surface area (Å²) in [7, 11) is -1.85. The molecule has 0 unspecified atom stereocenters. The summed E-state index contributed by atoms with van der Waals surface area (Å²) >= 11 is 0. The molecule has 43 heavy (non-hydrogen) atoms. The van der Waals surface area contributed by atoms with Gasteiger partial charge in [0.2, 0.25) is 0 Å². The van der Waals surface area contributed by atoms with Gasteiger partial charge in [0.05, 0.1) is 0 Å². The Bertz CT molecular complexity index is 2150. The van der Waals surface area contributed by atoms with Gasteiger partial charge >= 0.3 is 0 Å². The van der Waals surface area contributed by atoms with Crippen molar-refractivity contribution in [3.05, 3.63) is 140 Å². The van der Waals surface area contributed by atoms with Crippen LogP contribution in [-0.2, 0) is 0 Å². The van der Waals surface area contributed by atoms with Crippen LogP contribution in [-0.4, -0.2) is 23.0 Å². The van der Waals surface area contributed by atoms with Crippen molar-refractivity contribution in [3.63, 3.8) is 0 Å². The summed E-state index contributed by atoms with van der Waals surface area (Å²) in [5, 5.41) is 5.23. The third kappa shape index (κ3) is 4.22. The molecular weight excluding hydrogens is 539 g/mol. The summed E-state index contributed by atoms with van der Waals surface area (Å²) in [4.78, 5) is 15.3. The van der Waals surface area contributed by atoms with Gasteiger partial charge in [0, 0.05) is 16.7 Å². The molecule has 1 aliphatic heterocycles. The Morgan fingerprint density at radius 2 is 0.884 bits per heavy atom. The maximum atomic E-state index is 5.17. The van der Waals surface area contributed by atoms with E-state index in [1.54, 1.807) is 0 Å². The Kier molecular flexibility index (Phi) is 5.91. The van der Waals surface area contributed by atoms with E-state index in [9.17, 15) is 0 Å². The second-order valence-electron chi connectivity index (χ2n) is 11.7. The lowest BCUT2D eigenvalue weighted by molar-refractivity contribution is 1.08. The van der Waals surface area contributed by atoms with Crippen LogP contribution in [0.1, 0.15) is 0 Å². The average molecular weight is 568 g/mol. The minimum absolute atomic E-state index is 0.678. The molecule has 0 spiro atoms. The summed E-state index contributed by atoms with van der Waals surface area (Å²) in [5.41, 5.74) is 8.10. The SMILES string of the molecule is C[Si]1(C)c2ccccc2-c2ccc(-c3nc(-c4ccccc4)nc(-c4ccc(-c5ccccc5)c5ccccc45)n3)cc21. The van der Waals surface area contributed by atoms with Gasteiger partial charge in [0.1, 0.15) is 8.07 Å². The van der Waals surface area contributed by atoms with Crippen molar-refractivity contribution in [2.75, 3.05) is 0 Å². The molecule has 4 heteroatoms. The van der Waals surface area contributed by atoms with Crippen molar-refractivity contribution in [1.29, 1.82) is 0 Å². The van der Waals surface area contributed by atoms with Crippen LogP contribution in [0.5, 0.6) is 0 Å². The Morgan fingerprint density at radius 1 is 0.372 bits per heavy atom. The zero-order valence-corrected chi connectivity index (χ0v) is 25.1. The molecule has 1 aliphatic rings. The summed E-state index contributed by atoms with van der Waals surface area (Å²) in [6.45, 7) is 4.88. The van der Waals surface area contributed by atoms with Crippen molar-refractivity contribution in [2.24, 2.45) is 0 Å². The number of rotatable bonds is 4. The van der Waals surface area contributed by atoms with E-state index in [2.05, 4.69) is 134 Å². The highest BCUT2D eigenvalue weighted by Gasteiger charge is 2.37. The van der Waals surface area contributed by atoms with Crippen molar-refractivity contribution in [3.8, 4) is 56.4 Å². The third-order valence-electron chi connectivity index (χ3n) is 8.76. The predicted octanol–water partition coefficient (Wildman–Crippen LogP) is 8.50. The molecule has 204 valence electrons. The normalized spacial score (nSPS) is 13.1. The topological polar surface area (TPSA) is 38.7 Å². The number of nitrogens with zero attached hydrogens (tertiary/aromatic N) is 3. The fraction of sp³-hybridized carbons (Fsp3) is 0.0513. The van der Waals surface area contributed by atoms with Crippen LogP contribution in [0.4, 0.5) is 0 Å². The first kappa shape index (κ1) is 25.5. The van der Waals surface area contributed by atoms with Crippen LogP contribution < -0.4 is 10.4 Å². The van der Waals surface area contributed by atoms with Gasteiger partial charge in [-0.25, -0.2) is 15.0 Å². The van der Waals surface area contributed by atoms with Gasteiger partial charge in [-0.3, -0.25) is 0 Å². The summed E-state index contributed by atoms with van der Waals surface area (Å²) in [6.07, 6.45) is 0. The molecule has 1 aromatic heterocycles. The number of fused-ring (bicyclic) bond motifs is 4. The molecule has 0 amide bonds. The van der Waals surface area contributed by atoms with Crippen molar-refractivity contribution >= 4 is 29.2 Å². The fourth-order valence-corrected chi connectivity index (χ4v) is 9.65. The first-order valence-electron chi connectivity index (χ1n) is 14.7. The van der Waals surface area contributed by atoms with E-state index >= 15 is 0 Å². The van der Waals surface area contributed by atoms with Crippen LogP contribution in [0.3, 0.4) is 0 Å². The second kappa shape index (κ2) is 9.97. The van der Waals surface area contributed by atoms with E-state index in [0.717, 1.165) is 22.1 Å². The van der Waals surface area contributed by atoms with Crippen LogP contribution in [0, 0.1) is 0 Å². The maximum absolute atomic E-state index is 5.17. The number of benzene rings is 6. The predicted molar refractivity (Wildman–Crippen MR) is 181 cm³/mol. The van der Waals surface area contributed by atoms with E-state index in [1.165, 1.54) is 38.0 Å². The highest BCUT2D eigenvalue weighted by Crippen LogP contribution is 2.36. The van der Waals surface area contributed by atoms with Gasteiger partial charge in [0.15, 0.2) is 17.5 Å². The molecule has 0 aliphatic carbocycles. The van der Waals surface area contributed by atoms with Crippen LogP contribution >= 0.6 is 0 Å². The summed E-state index contributed by atoms with van der Waals surface area (Å²) in [5.74, 6) is 2.06. The Labute approximate surface area is 252 Å². The lowest BCUT2D eigenvalue weighted by atomic mass is 9.94. The highest BCUT2D eigenvalue weighted by atomic mass is 28.3. The van der Waals surface area contributed by atoms with Crippen molar-refractivity contribution < 1.29 is 0 Å². The lowest BCUT2D eigenvalue weighted by Gasteiger charge is -2.19. The zero-order chi connectivity index (χ0) is 29.0. The first-order valence-corrected chi connectivity index (χ1v) is 17.7. The molecule has 2 heterocycles. The maximum Gasteiger partial charge on any atom is 0.164 e. The molecule has 0 bridgehead atoms. The van der Waals surface area contributed by atoms with Crippen LogP contribution in [0.15, 0.2) is 140 Å². The molecule has 0 radical (unpaired) electrons. The monoisotopic (exact) mass is 567 g/mol. The van der Waals surface area contributed by atoms with Gasteiger partial charge in [-0.1, -0.05) is 147 Å². The number of hydrogen-bond donors (Lipinski definition) is 0. The first-order chi connectivity index (χ1) is 21.1. The molecule has 0 atom stereocenters. The quantitative estimate of drug-likeness (QED) is 0.200. The van der Waals surface area contributed by atoms with E-state index in [0.29, 0.717) is 17.5 Å². The minimum atomic E-state index is -1.85. The molecule has 0 fully saturated rings. The molecule has 8 rings (SSSR count). The van der Waals surface area contributed by atoms with E-state index in [4.69, 9.17) is 15.0 Å². The average Bonchev–Trinajstić information content (AvgIpc) is 3.30. The van der Waals surface area contributed by atoms with Gasteiger partial charge in [-0.2, -0.15) is 0 Å². The van der Waals surface area contributed by atoms with Crippen molar-refractivity contribution in [2.45, 2.75) is 13.1 Å². The Hall–Kier alpha value is -5.19. The number of hydrogen-bond acceptors (Lipinski definition) is 3. The van der Waals surface area contributed by atoms with Gasteiger partial charge in [0.25, 0.3) is 0 Å². The Balaban J connectivity index is 1.33. The van der Waals surface area contributed by atoms with E-state index < -0.39 is 8.07 Å². The van der Waals surface area contributed by atoms with Crippen molar-refractivity contribution in [1.82, 2.24) is 15.0 Å². The molecule has 6 aromatic carbocycles. The largest absolute Gasteiger partial charge is 0.208 e. The van der Waals surface area contributed by atoms with E-state index in [1.807, 2.05) is 18.2 Å². The smallest absolute Gasteiger partial charge is 0.164 e. The zero-order valence-electron chi connectivity index (χ0n) is 24.1. The fourth-order valence-electron chi connectivity index (χ4n) is 6.55. The Morgan fingerprint density at radius 3 is 1.63 bits per heavy atom. The van der Waals surface area contributed by atoms with Crippen LogP contribution in [0.2, 0.25) is 13.1 Å². The molecule has 0 N–H and O–H groups in total. The molecule has 7 aromatic rings. The number of aromatic nitrogens is 3. The van der Waals surface area contributed by atoms with Gasteiger partial charge < -0.3 is 0 Å². The van der Waals surface area contributed by atoms with E-state index in [-0.39, 0.29) is 0 Å². The van der Waals surface area contributed by atoms with Crippen LogP contribution in [0.25, 0.3) is 67.2 Å². The summed E-state index contributed by atoms with van der Waals surface area (Å²) in [6, 6.07) is 49.3. The third-order valence-corrected chi connectivity index (χ3v) is 12.3. The molecule has 0 saturated heterocycles. The molecule has 3 nitrogen and oxygen atoms in total. The van der Waals surface area contributed by atoms with Gasteiger partial charge in [-0.15, -0.1) is 0 Å². The minimum Gasteiger partial charge on any atom is -0.208 e. The van der Waals surface area contributed by atoms with Gasteiger partial charge in [-0.05, 0) is 49.5 Å². The molecule has 0 saturated carbocycles. The second-order valence-corrected chi connectivity index (χ2v) is 16.0. The highest BCUT2D eigenvalue weighted by molar-refractivity contribution is 7.03. The standard InChI is InChI=1S/C39H29N3Si/c1-43(2)35-20-12-11-19-32(35)33-22-21-28(25-36(33)43)38-40-37(27-15-7-4-8-16-27)41-39(42-38)34-24-23-29(26-13-5-3-6-14-26)30-17-9-10-18-31(30)34/h3-25H,1-2H3.